The van der Waals surface area contributed by atoms with Crippen LogP contribution in [-0.2, 0) is 4.74 Å². The average Bonchev–Trinajstić information content (AvgIpc) is 2.70. The topological polar surface area (TPSA) is 29.5 Å². The molecule has 0 aromatic heterocycles. The zero-order valence-electron chi connectivity index (χ0n) is 9.66. The first-order valence-electron chi connectivity index (χ1n) is 5.61. The van der Waals surface area contributed by atoms with Crippen molar-refractivity contribution in [2.45, 2.75) is 38.4 Å². The van der Waals surface area contributed by atoms with Crippen LogP contribution in [0.3, 0.4) is 0 Å². The fourth-order valence-corrected chi connectivity index (χ4v) is 2.15. The second-order valence-corrected chi connectivity index (χ2v) is 4.68. The molecule has 1 aliphatic rings. The van der Waals surface area contributed by atoms with Crippen molar-refractivity contribution in [3.05, 3.63) is 35.1 Å². The zero-order valence-corrected chi connectivity index (χ0v) is 9.66. The van der Waals surface area contributed by atoms with Crippen LogP contribution in [0.25, 0.3) is 0 Å². The van der Waals surface area contributed by atoms with Crippen LogP contribution in [-0.4, -0.2) is 17.3 Å². The third-order valence-corrected chi connectivity index (χ3v) is 3.34. The van der Waals surface area contributed by atoms with E-state index >= 15 is 0 Å². The Balaban J connectivity index is 2.26. The van der Waals surface area contributed by atoms with Crippen LogP contribution in [0.2, 0.25) is 0 Å². The van der Waals surface area contributed by atoms with E-state index in [2.05, 4.69) is 0 Å². The molecule has 0 saturated carbocycles. The van der Waals surface area contributed by atoms with Gasteiger partial charge in [-0.3, -0.25) is 0 Å². The fourth-order valence-electron chi connectivity index (χ4n) is 2.15. The molecular formula is C13H17FO2. The Hall–Kier alpha value is -0.930. The van der Waals surface area contributed by atoms with Crippen LogP contribution in [0.1, 0.15) is 37.0 Å². The number of hydrogen-bond acceptors (Lipinski definition) is 2. The number of rotatable bonds is 2. The number of ether oxygens (including phenoxy) is 1. The van der Waals surface area contributed by atoms with Gasteiger partial charge < -0.3 is 9.84 Å². The van der Waals surface area contributed by atoms with Gasteiger partial charge in [-0.25, -0.2) is 4.39 Å². The highest BCUT2D eigenvalue weighted by Gasteiger charge is 2.38. The largest absolute Gasteiger partial charge is 0.385 e. The van der Waals surface area contributed by atoms with Crippen molar-refractivity contribution >= 4 is 0 Å². The Morgan fingerprint density at radius 1 is 1.50 bits per heavy atom. The van der Waals surface area contributed by atoms with E-state index in [-0.39, 0.29) is 5.82 Å². The third kappa shape index (κ3) is 1.97. The maximum Gasteiger partial charge on any atom is 0.126 e. The molecule has 16 heavy (non-hydrogen) atoms. The maximum absolute atomic E-state index is 13.4. The van der Waals surface area contributed by atoms with Gasteiger partial charge in [0, 0.05) is 6.61 Å². The van der Waals surface area contributed by atoms with Crippen LogP contribution in [0.4, 0.5) is 4.39 Å². The zero-order chi connectivity index (χ0) is 11.8. The molecule has 1 aromatic carbocycles. The summed E-state index contributed by atoms with van der Waals surface area (Å²) in [4.78, 5) is 0. The van der Waals surface area contributed by atoms with Gasteiger partial charge in [0.1, 0.15) is 11.9 Å². The van der Waals surface area contributed by atoms with Gasteiger partial charge in [-0.2, -0.15) is 0 Å². The molecule has 2 unspecified atom stereocenters. The van der Waals surface area contributed by atoms with E-state index in [1.165, 1.54) is 6.07 Å². The van der Waals surface area contributed by atoms with Crippen LogP contribution in [0.5, 0.6) is 0 Å². The molecule has 0 bridgehead atoms. The van der Waals surface area contributed by atoms with Gasteiger partial charge in [-0.15, -0.1) is 0 Å². The van der Waals surface area contributed by atoms with Crippen LogP contribution in [0.15, 0.2) is 18.2 Å². The molecular weight excluding hydrogens is 207 g/mol. The van der Waals surface area contributed by atoms with Gasteiger partial charge in [0.25, 0.3) is 0 Å². The van der Waals surface area contributed by atoms with E-state index < -0.39 is 11.7 Å². The molecule has 0 spiro atoms. The monoisotopic (exact) mass is 224 g/mol. The first kappa shape index (κ1) is 11.6. The highest BCUT2D eigenvalue weighted by Crippen LogP contribution is 2.37. The molecule has 1 aliphatic heterocycles. The van der Waals surface area contributed by atoms with Gasteiger partial charge in [-0.05, 0) is 43.9 Å². The Labute approximate surface area is 95.1 Å². The van der Waals surface area contributed by atoms with Crippen molar-refractivity contribution in [1.29, 1.82) is 0 Å². The summed E-state index contributed by atoms with van der Waals surface area (Å²) >= 11 is 0. The summed E-state index contributed by atoms with van der Waals surface area (Å²) in [6, 6.07) is 4.84. The summed E-state index contributed by atoms with van der Waals surface area (Å²) in [5.41, 5.74) is 0.614. The summed E-state index contributed by atoms with van der Waals surface area (Å²) in [5.74, 6) is -0.279. The van der Waals surface area contributed by atoms with E-state index in [9.17, 15) is 9.50 Å². The van der Waals surface area contributed by atoms with Gasteiger partial charge >= 0.3 is 0 Å². The number of aryl methyl sites for hydroxylation is 1. The van der Waals surface area contributed by atoms with Crippen molar-refractivity contribution in [3.63, 3.8) is 0 Å². The second kappa shape index (κ2) is 4.15. The normalized spacial score (nSPS) is 27.0. The summed E-state index contributed by atoms with van der Waals surface area (Å²) < 4.78 is 19.0. The maximum atomic E-state index is 13.4. The summed E-state index contributed by atoms with van der Waals surface area (Å²) in [6.07, 6.45) is 0.996. The molecule has 3 heteroatoms. The van der Waals surface area contributed by atoms with Gasteiger partial charge in [0.05, 0.1) is 5.60 Å². The number of benzene rings is 1. The highest BCUT2D eigenvalue weighted by molar-refractivity contribution is 5.26. The summed E-state index contributed by atoms with van der Waals surface area (Å²) in [6.45, 7) is 4.25. The van der Waals surface area contributed by atoms with Crippen LogP contribution in [0, 0.1) is 12.7 Å². The molecule has 2 atom stereocenters. The third-order valence-electron chi connectivity index (χ3n) is 3.34. The molecule has 0 amide bonds. The molecule has 88 valence electrons. The number of halogens is 1. The molecule has 2 nitrogen and oxygen atoms in total. The summed E-state index contributed by atoms with van der Waals surface area (Å²) in [7, 11) is 0. The fraction of sp³-hybridized carbons (Fsp3) is 0.538. The van der Waals surface area contributed by atoms with E-state index in [4.69, 9.17) is 4.74 Å². The lowest BCUT2D eigenvalue weighted by molar-refractivity contribution is -0.0797. The Morgan fingerprint density at radius 3 is 2.81 bits per heavy atom. The predicted octanol–water partition coefficient (Wildman–Crippen LogP) is 2.74. The minimum absolute atomic E-state index is 0.279. The van der Waals surface area contributed by atoms with Gasteiger partial charge in [-0.1, -0.05) is 12.1 Å². The van der Waals surface area contributed by atoms with Crippen LogP contribution >= 0.6 is 0 Å². The number of hydrogen-bond donors (Lipinski definition) is 1. The van der Waals surface area contributed by atoms with E-state index in [0.717, 1.165) is 12.8 Å². The molecule has 0 aliphatic carbocycles. The molecule has 1 N–H and O–H groups in total. The Bertz CT molecular complexity index is 384. The molecule has 1 fully saturated rings. The minimum atomic E-state index is -0.759. The van der Waals surface area contributed by atoms with E-state index in [0.29, 0.717) is 17.7 Å². The Morgan fingerprint density at radius 2 is 2.25 bits per heavy atom. The summed E-state index contributed by atoms with van der Waals surface area (Å²) in [5, 5.41) is 10.2. The van der Waals surface area contributed by atoms with Crippen LogP contribution < -0.4 is 0 Å². The lowest BCUT2D eigenvalue weighted by atomic mass is 9.90. The lowest BCUT2D eigenvalue weighted by Crippen LogP contribution is -2.32. The van der Waals surface area contributed by atoms with Crippen molar-refractivity contribution in [1.82, 2.24) is 0 Å². The standard InChI is InChI=1S/C13H17FO2/c1-9-4-5-10(8-11(9)14)12(15)13(2)6-3-7-16-13/h4-5,8,12,15H,3,6-7H2,1-2H3. The Kier molecular flexibility index (Phi) is 3.00. The first-order valence-corrected chi connectivity index (χ1v) is 5.61. The highest BCUT2D eigenvalue weighted by atomic mass is 19.1. The minimum Gasteiger partial charge on any atom is -0.385 e. The molecule has 2 rings (SSSR count). The van der Waals surface area contributed by atoms with Gasteiger partial charge in [0.2, 0.25) is 0 Å². The number of aliphatic hydroxyl groups is 1. The van der Waals surface area contributed by atoms with Crippen molar-refractivity contribution in [3.8, 4) is 0 Å². The average molecular weight is 224 g/mol. The quantitative estimate of drug-likeness (QED) is 0.837. The van der Waals surface area contributed by atoms with Crippen molar-refractivity contribution in [2.75, 3.05) is 6.61 Å². The smallest absolute Gasteiger partial charge is 0.126 e. The predicted molar refractivity (Wildman–Crippen MR) is 59.7 cm³/mol. The molecule has 1 aromatic rings. The van der Waals surface area contributed by atoms with Crippen molar-refractivity contribution < 1.29 is 14.2 Å². The SMILES string of the molecule is Cc1ccc(C(O)C2(C)CCCO2)cc1F. The second-order valence-electron chi connectivity index (χ2n) is 4.68. The molecule has 1 heterocycles. The number of aliphatic hydroxyl groups excluding tert-OH is 1. The molecule has 1 saturated heterocycles. The van der Waals surface area contributed by atoms with Gasteiger partial charge in [0.15, 0.2) is 0 Å². The van der Waals surface area contributed by atoms with E-state index in [1.54, 1.807) is 19.1 Å². The van der Waals surface area contributed by atoms with E-state index in [1.807, 2.05) is 6.92 Å². The lowest BCUT2D eigenvalue weighted by Gasteiger charge is -2.29. The molecule has 0 radical (unpaired) electrons. The van der Waals surface area contributed by atoms with Crippen molar-refractivity contribution in [2.24, 2.45) is 0 Å². The first-order chi connectivity index (χ1) is 7.53.